The molecule has 3 nitrogen and oxygen atoms in total. The van der Waals surface area contributed by atoms with Gasteiger partial charge < -0.3 is 15.4 Å². The van der Waals surface area contributed by atoms with Crippen LogP contribution in [-0.4, -0.2) is 36.7 Å². The number of benzene rings is 1. The van der Waals surface area contributed by atoms with Crippen molar-refractivity contribution in [3.63, 3.8) is 0 Å². The third-order valence-corrected chi connectivity index (χ3v) is 4.89. The number of ether oxygens (including phenoxy) is 1. The first kappa shape index (κ1) is 14.6. The number of rotatable bonds is 3. The standard InChI is InChI=1S/C18H26N2O/c1-14-12-16-4-5-18(21-17(16)13-15(14)2)6-10-20(11-7-18)9-3-8-19/h4-5,12-13H,3,6-11,19H2,1-2H3. The van der Waals surface area contributed by atoms with E-state index in [-0.39, 0.29) is 5.60 Å². The SMILES string of the molecule is Cc1cc2c(cc1C)OC1(C=C2)CCN(CCCN)CC1. The van der Waals surface area contributed by atoms with Crippen LogP contribution in [0.2, 0.25) is 0 Å². The molecular weight excluding hydrogens is 260 g/mol. The largest absolute Gasteiger partial charge is 0.482 e. The summed E-state index contributed by atoms with van der Waals surface area (Å²) in [5.41, 5.74) is 9.36. The van der Waals surface area contributed by atoms with Crippen molar-refractivity contribution in [2.75, 3.05) is 26.2 Å². The summed E-state index contributed by atoms with van der Waals surface area (Å²) in [4.78, 5) is 2.51. The van der Waals surface area contributed by atoms with Crippen LogP contribution < -0.4 is 10.5 Å². The Kier molecular flexibility index (Phi) is 4.05. The molecule has 2 heterocycles. The van der Waals surface area contributed by atoms with Gasteiger partial charge >= 0.3 is 0 Å². The zero-order valence-corrected chi connectivity index (χ0v) is 13.2. The number of hydrogen-bond donors (Lipinski definition) is 1. The van der Waals surface area contributed by atoms with Crippen LogP contribution in [0.1, 0.15) is 36.0 Å². The van der Waals surface area contributed by atoms with E-state index in [0.29, 0.717) is 0 Å². The lowest BCUT2D eigenvalue weighted by Crippen LogP contribution is -2.48. The van der Waals surface area contributed by atoms with Crippen LogP contribution >= 0.6 is 0 Å². The Labute approximate surface area is 127 Å². The molecule has 1 aromatic carbocycles. The van der Waals surface area contributed by atoms with Gasteiger partial charge in [-0.2, -0.15) is 0 Å². The topological polar surface area (TPSA) is 38.5 Å². The minimum atomic E-state index is -0.0894. The highest BCUT2D eigenvalue weighted by Gasteiger charge is 2.36. The van der Waals surface area contributed by atoms with E-state index in [1.54, 1.807) is 0 Å². The van der Waals surface area contributed by atoms with Crippen molar-refractivity contribution >= 4 is 6.08 Å². The van der Waals surface area contributed by atoms with E-state index in [1.807, 2.05) is 0 Å². The van der Waals surface area contributed by atoms with Crippen LogP contribution in [0.4, 0.5) is 0 Å². The molecule has 1 saturated heterocycles. The first-order valence-corrected chi connectivity index (χ1v) is 8.04. The number of hydrogen-bond acceptors (Lipinski definition) is 3. The van der Waals surface area contributed by atoms with Crippen molar-refractivity contribution in [2.24, 2.45) is 5.73 Å². The summed E-state index contributed by atoms with van der Waals surface area (Å²) < 4.78 is 6.41. The maximum absolute atomic E-state index is 6.41. The van der Waals surface area contributed by atoms with Crippen molar-refractivity contribution in [2.45, 2.75) is 38.7 Å². The average Bonchev–Trinajstić information content (AvgIpc) is 2.49. The molecule has 1 aromatic rings. The van der Waals surface area contributed by atoms with Crippen LogP contribution in [0, 0.1) is 13.8 Å². The smallest absolute Gasteiger partial charge is 0.130 e. The van der Waals surface area contributed by atoms with Crippen molar-refractivity contribution in [1.29, 1.82) is 0 Å². The summed E-state index contributed by atoms with van der Waals surface area (Å²) in [6, 6.07) is 4.42. The number of nitrogens with zero attached hydrogens (tertiary/aromatic N) is 1. The van der Waals surface area contributed by atoms with Gasteiger partial charge in [0.2, 0.25) is 0 Å². The molecule has 3 rings (SSSR count). The summed E-state index contributed by atoms with van der Waals surface area (Å²) in [6.45, 7) is 8.41. The number of aryl methyl sites for hydroxylation is 2. The van der Waals surface area contributed by atoms with Crippen LogP contribution in [0.5, 0.6) is 5.75 Å². The summed E-state index contributed by atoms with van der Waals surface area (Å²) >= 11 is 0. The molecule has 0 unspecified atom stereocenters. The van der Waals surface area contributed by atoms with Gasteiger partial charge in [-0.1, -0.05) is 6.08 Å². The van der Waals surface area contributed by atoms with E-state index in [4.69, 9.17) is 10.5 Å². The van der Waals surface area contributed by atoms with Gasteiger partial charge in [-0.3, -0.25) is 0 Å². The Morgan fingerprint density at radius 3 is 2.62 bits per heavy atom. The van der Waals surface area contributed by atoms with E-state index in [2.05, 4.69) is 43.0 Å². The Hall–Kier alpha value is -1.32. The van der Waals surface area contributed by atoms with Crippen molar-refractivity contribution in [1.82, 2.24) is 4.90 Å². The molecule has 0 aromatic heterocycles. The van der Waals surface area contributed by atoms with Gasteiger partial charge in [0.05, 0.1) is 0 Å². The molecule has 21 heavy (non-hydrogen) atoms. The Balaban J connectivity index is 1.71. The second kappa shape index (κ2) is 5.82. The van der Waals surface area contributed by atoms with Crippen LogP contribution in [0.15, 0.2) is 18.2 Å². The molecule has 0 saturated carbocycles. The van der Waals surface area contributed by atoms with E-state index >= 15 is 0 Å². The second-order valence-electron chi connectivity index (χ2n) is 6.46. The minimum Gasteiger partial charge on any atom is -0.482 e. The molecule has 2 N–H and O–H groups in total. The van der Waals surface area contributed by atoms with E-state index < -0.39 is 0 Å². The molecule has 2 aliphatic rings. The molecule has 0 aliphatic carbocycles. The Bertz CT molecular complexity index is 542. The molecule has 3 heteroatoms. The molecule has 0 radical (unpaired) electrons. The maximum Gasteiger partial charge on any atom is 0.130 e. The van der Waals surface area contributed by atoms with Gasteiger partial charge in [0.25, 0.3) is 0 Å². The lowest BCUT2D eigenvalue weighted by Gasteiger charge is -2.42. The highest BCUT2D eigenvalue weighted by Crippen LogP contribution is 2.38. The third kappa shape index (κ3) is 2.99. The molecule has 0 bridgehead atoms. The molecular formula is C18H26N2O. The van der Waals surface area contributed by atoms with E-state index in [1.165, 1.54) is 16.7 Å². The molecule has 114 valence electrons. The fraction of sp³-hybridized carbons (Fsp3) is 0.556. The van der Waals surface area contributed by atoms with Gasteiger partial charge in [-0.05, 0) is 62.7 Å². The number of nitrogens with two attached hydrogens (primary N) is 1. The zero-order valence-electron chi connectivity index (χ0n) is 13.2. The number of piperidine rings is 1. The Morgan fingerprint density at radius 1 is 1.19 bits per heavy atom. The van der Waals surface area contributed by atoms with E-state index in [9.17, 15) is 0 Å². The van der Waals surface area contributed by atoms with Gasteiger partial charge in [-0.15, -0.1) is 0 Å². The normalized spacial score (nSPS) is 20.3. The quantitative estimate of drug-likeness (QED) is 0.928. The number of likely N-dealkylation sites (tertiary alicyclic amines) is 1. The molecule has 0 atom stereocenters. The fourth-order valence-electron chi connectivity index (χ4n) is 3.26. The predicted octanol–water partition coefficient (Wildman–Crippen LogP) is 2.89. The van der Waals surface area contributed by atoms with Crippen LogP contribution in [0.25, 0.3) is 6.08 Å². The van der Waals surface area contributed by atoms with Crippen LogP contribution in [0.3, 0.4) is 0 Å². The monoisotopic (exact) mass is 286 g/mol. The van der Waals surface area contributed by atoms with Gasteiger partial charge in [0, 0.05) is 31.5 Å². The first-order chi connectivity index (χ1) is 10.1. The summed E-state index contributed by atoms with van der Waals surface area (Å²) in [5.74, 6) is 1.05. The van der Waals surface area contributed by atoms with Crippen LogP contribution in [-0.2, 0) is 0 Å². The molecule has 0 amide bonds. The van der Waals surface area contributed by atoms with Crippen molar-refractivity contribution in [3.05, 3.63) is 34.9 Å². The molecule has 1 spiro atoms. The Morgan fingerprint density at radius 2 is 1.90 bits per heavy atom. The van der Waals surface area contributed by atoms with Gasteiger partial charge in [0.15, 0.2) is 0 Å². The van der Waals surface area contributed by atoms with Crippen molar-refractivity contribution in [3.8, 4) is 5.75 Å². The lowest BCUT2D eigenvalue weighted by molar-refractivity contribution is 0.0386. The third-order valence-electron chi connectivity index (χ3n) is 4.89. The predicted molar refractivity (Wildman–Crippen MR) is 87.7 cm³/mol. The highest BCUT2D eigenvalue weighted by molar-refractivity contribution is 5.63. The summed E-state index contributed by atoms with van der Waals surface area (Å²) in [7, 11) is 0. The first-order valence-electron chi connectivity index (χ1n) is 8.04. The average molecular weight is 286 g/mol. The molecule has 2 aliphatic heterocycles. The van der Waals surface area contributed by atoms with Gasteiger partial charge in [0.1, 0.15) is 11.4 Å². The summed E-state index contributed by atoms with van der Waals surface area (Å²) in [6.07, 6.45) is 7.76. The zero-order chi connectivity index (χ0) is 14.9. The second-order valence-corrected chi connectivity index (χ2v) is 6.46. The highest BCUT2D eigenvalue weighted by atomic mass is 16.5. The fourth-order valence-corrected chi connectivity index (χ4v) is 3.26. The number of fused-ring (bicyclic) bond motifs is 1. The summed E-state index contributed by atoms with van der Waals surface area (Å²) in [5, 5.41) is 0. The minimum absolute atomic E-state index is 0.0894. The van der Waals surface area contributed by atoms with Gasteiger partial charge in [-0.25, -0.2) is 0 Å². The van der Waals surface area contributed by atoms with E-state index in [0.717, 1.165) is 51.2 Å². The van der Waals surface area contributed by atoms with Crippen molar-refractivity contribution < 1.29 is 4.74 Å². The lowest BCUT2D eigenvalue weighted by atomic mass is 9.87. The molecule has 1 fully saturated rings. The maximum atomic E-state index is 6.41.